The number of piperidine rings is 1. The van der Waals surface area contributed by atoms with E-state index in [0.29, 0.717) is 17.8 Å². The van der Waals surface area contributed by atoms with Crippen molar-refractivity contribution in [3.63, 3.8) is 0 Å². The Labute approximate surface area is 189 Å². The lowest BCUT2D eigenvalue weighted by Gasteiger charge is -2.28. The number of pyridine rings is 1. The molecule has 0 unspecified atom stereocenters. The quantitative estimate of drug-likeness (QED) is 0.464. The van der Waals surface area contributed by atoms with Gasteiger partial charge in [-0.15, -0.1) is 0 Å². The van der Waals surface area contributed by atoms with Crippen molar-refractivity contribution in [2.45, 2.75) is 50.5 Å². The largest absolute Gasteiger partial charge is 0.393 e. The van der Waals surface area contributed by atoms with Crippen molar-refractivity contribution in [1.82, 2.24) is 20.3 Å². The second-order valence-corrected chi connectivity index (χ2v) is 9.09. The molecule has 3 aromatic rings. The third-order valence-electron chi connectivity index (χ3n) is 6.81. The predicted molar refractivity (Wildman–Crippen MR) is 128 cm³/mol. The van der Waals surface area contributed by atoms with Gasteiger partial charge in [-0.2, -0.15) is 4.98 Å². The summed E-state index contributed by atoms with van der Waals surface area (Å²) in [5, 5.41) is 21.3. The fourth-order valence-corrected chi connectivity index (χ4v) is 4.86. The molecule has 3 heterocycles. The number of anilines is 3. The topological polar surface area (TPSA) is 95.0 Å². The molecule has 0 bridgehead atoms. The summed E-state index contributed by atoms with van der Waals surface area (Å²) in [4.78, 5) is 14.2. The maximum Gasteiger partial charge on any atom is 0.230 e. The van der Waals surface area contributed by atoms with Gasteiger partial charge in [0.05, 0.1) is 11.6 Å². The van der Waals surface area contributed by atoms with Crippen LogP contribution in [-0.4, -0.2) is 45.8 Å². The fourth-order valence-electron chi connectivity index (χ4n) is 4.86. The van der Waals surface area contributed by atoms with Gasteiger partial charge in [-0.1, -0.05) is 18.2 Å². The second-order valence-electron chi connectivity index (χ2n) is 9.09. The van der Waals surface area contributed by atoms with Gasteiger partial charge in [0, 0.05) is 23.7 Å². The SMILES string of the molecule is OC1CCC(CNc2nc(Nc3ccc4ccccc4n3)ncc2C2CCNCC2)CC1. The number of para-hydroxylation sites is 1. The van der Waals surface area contributed by atoms with Crippen molar-refractivity contribution in [2.24, 2.45) is 5.92 Å². The first-order valence-corrected chi connectivity index (χ1v) is 11.9. The van der Waals surface area contributed by atoms with Crippen LogP contribution in [-0.2, 0) is 0 Å². The highest BCUT2D eigenvalue weighted by atomic mass is 16.3. The van der Waals surface area contributed by atoms with E-state index in [1.807, 2.05) is 30.5 Å². The molecule has 0 radical (unpaired) electrons. The highest BCUT2D eigenvalue weighted by Gasteiger charge is 2.23. The third kappa shape index (κ3) is 5.00. The molecular weight excluding hydrogens is 400 g/mol. The van der Waals surface area contributed by atoms with Crippen molar-refractivity contribution in [2.75, 3.05) is 30.3 Å². The van der Waals surface area contributed by atoms with Crippen LogP contribution in [0.15, 0.2) is 42.6 Å². The zero-order valence-corrected chi connectivity index (χ0v) is 18.4. The molecule has 2 aromatic heterocycles. The van der Waals surface area contributed by atoms with Crippen molar-refractivity contribution < 1.29 is 5.11 Å². The molecule has 1 aliphatic heterocycles. The van der Waals surface area contributed by atoms with E-state index in [1.165, 1.54) is 5.56 Å². The lowest BCUT2D eigenvalue weighted by molar-refractivity contribution is 0.111. The molecule has 168 valence electrons. The van der Waals surface area contributed by atoms with Gasteiger partial charge in [-0.3, -0.25) is 0 Å². The number of rotatable bonds is 6. The van der Waals surface area contributed by atoms with E-state index in [-0.39, 0.29) is 6.10 Å². The number of nitrogens with one attached hydrogen (secondary N) is 3. The van der Waals surface area contributed by atoms with Crippen molar-refractivity contribution in [1.29, 1.82) is 0 Å². The Morgan fingerprint density at radius 1 is 0.938 bits per heavy atom. The predicted octanol–water partition coefficient (Wildman–Crippen LogP) is 4.20. The zero-order valence-electron chi connectivity index (χ0n) is 18.4. The van der Waals surface area contributed by atoms with Gasteiger partial charge >= 0.3 is 0 Å². The number of aliphatic hydroxyl groups excluding tert-OH is 1. The van der Waals surface area contributed by atoms with E-state index in [2.05, 4.69) is 33.1 Å². The standard InChI is InChI=1S/C25H32N6O/c32-20-8-5-17(6-9-20)15-27-24-21(18-11-13-26-14-12-18)16-28-25(31-24)30-23-10-7-19-3-1-2-4-22(19)29-23/h1-4,7,10,16-18,20,26,32H,5-6,8-9,11-15H2,(H2,27,28,29,30,31). The highest BCUT2D eigenvalue weighted by molar-refractivity contribution is 5.80. The summed E-state index contributed by atoms with van der Waals surface area (Å²) < 4.78 is 0. The molecule has 7 heteroatoms. The van der Waals surface area contributed by atoms with E-state index in [1.54, 1.807) is 0 Å². The Morgan fingerprint density at radius 2 is 1.75 bits per heavy atom. The second kappa shape index (κ2) is 9.79. The molecule has 1 saturated heterocycles. The molecule has 0 atom stereocenters. The van der Waals surface area contributed by atoms with Crippen molar-refractivity contribution in [3.05, 3.63) is 48.2 Å². The van der Waals surface area contributed by atoms with Crippen LogP contribution in [0.2, 0.25) is 0 Å². The van der Waals surface area contributed by atoms with Crippen LogP contribution in [0.5, 0.6) is 0 Å². The minimum absolute atomic E-state index is 0.124. The lowest BCUT2D eigenvalue weighted by Crippen LogP contribution is -2.28. The number of hydrogen-bond acceptors (Lipinski definition) is 7. The van der Waals surface area contributed by atoms with Crippen molar-refractivity contribution >= 4 is 28.5 Å². The molecule has 0 amide bonds. The summed E-state index contributed by atoms with van der Waals surface area (Å²) in [6.07, 6.45) is 8.00. The number of aromatic nitrogens is 3. The summed E-state index contributed by atoms with van der Waals surface area (Å²) in [5.41, 5.74) is 2.15. The third-order valence-corrected chi connectivity index (χ3v) is 6.81. The van der Waals surface area contributed by atoms with E-state index in [4.69, 9.17) is 9.97 Å². The van der Waals surface area contributed by atoms with Crippen LogP contribution in [0.4, 0.5) is 17.6 Å². The maximum absolute atomic E-state index is 9.81. The van der Waals surface area contributed by atoms with Crippen LogP contribution in [0.25, 0.3) is 10.9 Å². The highest BCUT2D eigenvalue weighted by Crippen LogP contribution is 2.32. The molecule has 2 aliphatic rings. The first kappa shape index (κ1) is 21.1. The van der Waals surface area contributed by atoms with Crippen LogP contribution in [0.1, 0.15) is 50.0 Å². The first-order chi connectivity index (χ1) is 15.7. The van der Waals surface area contributed by atoms with Gasteiger partial charge in [0.1, 0.15) is 11.6 Å². The molecule has 2 fully saturated rings. The Kier molecular flexibility index (Phi) is 6.46. The van der Waals surface area contributed by atoms with E-state index in [9.17, 15) is 5.11 Å². The average Bonchev–Trinajstić information content (AvgIpc) is 2.84. The number of aliphatic hydroxyl groups is 1. The molecule has 5 rings (SSSR count). The summed E-state index contributed by atoms with van der Waals surface area (Å²) >= 11 is 0. The zero-order chi connectivity index (χ0) is 21.8. The molecule has 1 saturated carbocycles. The minimum atomic E-state index is -0.124. The normalized spacial score (nSPS) is 22.0. The molecule has 0 spiro atoms. The number of fused-ring (bicyclic) bond motifs is 1. The van der Waals surface area contributed by atoms with E-state index < -0.39 is 0 Å². The van der Waals surface area contributed by atoms with Crippen LogP contribution >= 0.6 is 0 Å². The molecule has 1 aromatic carbocycles. The average molecular weight is 433 g/mol. The number of benzene rings is 1. The summed E-state index contributed by atoms with van der Waals surface area (Å²) in [6, 6.07) is 12.1. The van der Waals surface area contributed by atoms with Gasteiger partial charge in [0.15, 0.2) is 0 Å². The van der Waals surface area contributed by atoms with Crippen molar-refractivity contribution in [3.8, 4) is 0 Å². The summed E-state index contributed by atoms with van der Waals surface area (Å²) in [7, 11) is 0. The van der Waals surface area contributed by atoms with Gasteiger partial charge in [0.2, 0.25) is 5.95 Å². The Hall–Kier alpha value is -2.77. The van der Waals surface area contributed by atoms with Crippen LogP contribution in [0, 0.1) is 5.92 Å². The molecular formula is C25H32N6O. The van der Waals surface area contributed by atoms with Gasteiger partial charge < -0.3 is 21.1 Å². The summed E-state index contributed by atoms with van der Waals surface area (Å²) in [5.74, 6) is 3.28. The Bertz CT molecular complexity index is 1040. The minimum Gasteiger partial charge on any atom is -0.393 e. The van der Waals surface area contributed by atoms with Gasteiger partial charge in [-0.25, -0.2) is 9.97 Å². The van der Waals surface area contributed by atoms with Gasteiger partial charge in [0.25, 0.3) is 0 Å². The van der Waals surface area contributed by atoms with E-state index >= 15 is 0 Å². The molecule has 4 N–H and O–H groups in total. The maximum atomic E-state index is 9.81. The summed E-state index contributed by atoms with van der Waals surface area (Å²) in [6.45, 7) is 2.95. The molecule has 1 aliphatic carbocycles. The molecule has 32 heavy (non-hydrogen) atoms. The van der Waals surface area contributed by atoms with Crippen LogP contribution in [0.3, 0.4) is 0 Å². The Balaban J connectivity index is 1.36. The van der Waals surface area contributed by atoms with Gasteiger partial charge in [-0.05, 0) is 81.6 Å². The number of nitrogens with zero attached hydrogens (tertiary/aromatic N) is 3. The monoisotopic (exact) mass is 432 g/mol. The molecule has 7 nitrogen and oxygen atoms in total. The number of hydrogen-bond donors (Lipinski definition) is 4. The van der Waals surface area contributed by atoms with Crippen LogP contribution < -0.4 is 16.0 Å². The van der Waals surface area contributed by atoms with E-state index in [0.717, 1.165) is 80.7 Å². The Morgan fingerprint density at radius 3 is 2.59 bits per heavy atom. The smallest absolute Gasteiger partial charge is 0.230 e. The lowest BCUT2D eigenvalue weighted by atomic mass is 9.87. The first-order valence-electron chi connectivity index (χ1n) is 11.9. The fraction of sp³-hybridized carbons (Fsp3) is 0.480.